The Bertz CT molecular complexity index is 329. The van der Waals surface area contributed by atoms with Crippen LogP contribution in [0.15, 0.2) is 18.3 Å². The van der Waals surface area contributed by atoms with Crippen molar-refractivity contribution in [2.45, 2.75) is 6.42 Å². The molecule has 1 aromatic heterocycles. The highest BCUT2D eigenvalue weighted by Crippen LogP contribution is 2.10. The van der Waals surface area contributed by atoms with Crippen LogP contribution in [0, 0.1) is 0 Å². The maximum absolute atomic E-state index is 11.0. The van der Waals surface area contributed by atoms with Gasteiger partial charge in [0.05, 0.1) is 11.6 Å². The molecule has 6 heteroatoms. The molecule has 5 nitrogen and oxygen atoms in total. The van der Waals surface area contributed by atoms with Crippen molar-refractivity contribution in [3.63, 3.8) is 0 Å². The van der Waals surface area contributed by atoms with Crippen molar-refractivity contribution in [3.8, 4) is 5.88 Å². The van der Waals surface area contributed by atoms with Gasteiger partial charge >= 0.3 is 0 Å². The molecule has 0 atom stereocenters. The Morgan fingerprint density at radius 1 is 1.56 bits per heavy atom. The minimum atomic E-state index is -0.0739. The van der Waals surface area contributed by atoms with Gasteiger partial charge in [0.1, 0.15) is 6.61 Å². The number of halogens is 1. The van der Waals surface area contributed by atoms with Gasteiger partial charge in [0.15, 0.2) is 0 Å². The lowest BCUT2D eigenvalue weighted by Crippen LogP contribution is -2.29. The Morgan fingerprint density at radius 2 is 2.38 bits per heavy atom. The number of hydrogen-bond donors (Lipinski definition) is 2. The predicted molar refractivity (Wildman–Crippen MR) is 61.4 cm³/mol. The monoisotopic (exact) mass is 243 g/mol. The average Bonchev–Trinajstić information content (AvgIpc) is 2.27. The summed E-state index contributed by atoms with van der Waals surface area (Å²) in [4.78, 5) is 15.0. The van der Waals surface area contributed by atoms with Gasteiger partial charge in [-0.1, -0.05) is 11.6 Å². The highest BCUT2D eigenvalue weighted by Gasteiger charge is 1.99. The molecule has 0 aliphatic rings. The van der Waals surface area contributed by atoms with E-state index in [0.29, 0.717) is 37.0 Å². The summed E-state index contributed by atoms with van der Waals surface area (Å²) in [6, 6.07) is 3.36. The largest absolute Gasteiger partial charge is 0.476 e. The molecular formula is C10H14ClN3O2. The van der Waals surface area contributed by atoms with Gasteiger partial charge < -0.3 is 15.8 Å². The maximum Gasteiger partial charge on any atom is 0.221 e. The number of hydrogen-bond acceptors (Lipinski definition) is 4. The lowest BCUT2D eigenvalue weighted by atomic mass is 10.4. The molecule has 3 N–H and O–H groups in total. The number of amides is 1. The van der Waals surface area contributed by atoms with Crippen molar-refractivity contribution in [1.82, 2.24) is 10.3 Å². The fraction of sp³-hybridized carbons (Fsp3) is 0.400. The number of nitrogens with two attached hydrogens (primary N) is 1. The topological polar surface area (TPSA) is 77.2 Å². The molecule has 0 bridgehead atoms. The molecular weight excluding hydrogens is 230 g/mol. The van der Waals surface area contributed by atoms with E-state index in [0.717, 1.165) is 0 Å². The van der Waals surface area contributed by atoms with Crippen LogP contribution in [-0.2, 0) is 4.79 Å². The van der Waals surface area contributed by atoms with E-state index in [9.17, 15) is 4.79 Å². The number of nitrogens with zero attached hydrogens (tertiary/aromatic N) is 1. The summed E-state index contributed by atoms with van der Waals surface area (Å²) in [5.41, 5.74) is 5.22. The fourth-order valence-corrected chi connectivity index (χ4v) is 1.12. The minimum Gasteiger partial charge on any atom is -0.476 e. The van der Waals surface area contributed by atoms with Gasteiger partial charge in [-0.15, -0.1) is 0 Å². The van der Waals surface area contributed by atoms with Crippen molar-refractivity contribution in [2.75, 3.05) is 19.7 Å². The number of nitrogens with one attached hydrogen (secondary N) is 1. The minimum absolute atomic E-state index is 0.0739. The van der Waals surface area contributed by atoms with Crippen LogP contribution in [0.2, 0.25) is 5.02 Å². The third kappa shape index (κ3) is 4.95. The second-order valence-corrected chi connectivity index (χ2v) is 3.49. The van der Waals surface area contributed by atoms with Crippen LogP contribution >= 0.6 is 11.6 Å². The van der Waals surface area contributed by atoms with Crippen LogP contribution in [-0.4, -0.2) is 30.6 Å². The SMILES string of the molecule is NCCC(=O)NCCOc1ccc(Cl)cn1. The molecule has 88 valence electrons. The van der Waals surface area contributed by atoms with Gasteiger partial charge in [0.2, 0.25) is 11.8 Å². The molecule has 0 aliphatic heterocycles. The van der Waals surface area contributed by atoms with Gasteiger partial charge in [-0.05, 0) is 6.07 Å². The van der Waals surface area contributed by atoms with E-state index < -0.39 is 0 Å². The normalized spacial score (nSPS) is 9.88. The number of aromatic nitrogens is 1. The van der Waals surface area contributed by atoms with Crippen LogP contribution < -0.4 is 15.8 Å². The lowest BCUT2D eigenvalue weighted by Gasteiger charge is -2.06. The first-order valence-electron chi connectivity index (χ1n) is 4.93. The van der Waals surface area contributed by atoms with Gasteiger partial charge in [0.25, 0.3) is 0 Å². The van der Waals surface area contributed by atoms with Gasteiger partial charge in [-0.25, -0.2) is 4.98 Å². The lowest BCUT2D eigenvalue weighted by molar-refractivity contribution is -0.121. The number of carbonyl (C=O) groups is 1. The molecule has 0 aliphatic carbocycles. The summed E-state index contributed by atoms with van der Waals surface area (Å²) >= 11 is 5.66. The zero-order chi connectivity index (χ0) is 11.8. The fourth-order valence-electron chi connectivity index (χ4n) is 1.01. The summed E-state index contributed by atoms with van der Waals surface area (Å²) in [5.74, 6) is 0.410. The smallest absolute Gasteiger partial charge is 0.221 e. The van der Waals surface area contributed by atoms with Crippen molar-refractivity contribution < 1.29 is 9.53 Å². The van der Waals surface area contributed by atoms with E-state index >= 15 is 0 Å². The molecule has 0 unspecified atom stereocenters. The van der Waals surface area contributed by atoms with E-state index in [4.69, 9.17) is 22.1 Å². The standard InChI is InChI=1S/C10H14ClN3O2/c11-8-1-2-10(14-7-8)16-6-5-13-9(15)3-4-12/h1-2,7H,3-6,12H2,(H,13,15). The Hall–Kier alpha value is -1.33. The Balaban J connectivity index is 2.16. The third-order valence-electron chi connectivity index (χ3n) is 1.75. The molecule has 0 aromatic carbocycles. The van der Waals surface area contributed by atoms with E-state index in [-0.39, 0.29) is 5.91 Å². The summed E-state index contributed by atoms with van der Waals surface area (Å²) < 4.78 is 5.27. The number of rotatable bonds is 6. The van der Waals surface area contributed by atoms with Crippen LogP contribution in [0.25, 0.3) is 0 Å². The Morgan fingerprint density at radius 3 is 3.00 bits per heavy atom. The first-order chi connectivity index (χ1) is 7.72. The molecule has 1 aromatic rings. The molecule has 0 saturated carbocycles. The highest BCUT2D eigenvalue weighted by atomic mass is 35.5. The molecule has 16 heavy (non-hydrogen) atoms. The number of pyridine rings is 1. The van der Waals surface area contributed by atoms with Crippen LogP contribution in [0.1, 0.15) is 6.42 Å². The molecule has 0 spiro atoms. The van der Waals surface area contributed by atoms with Crippen molar-refractivity contribution in [2.24, 2.45) is 5.73 Å². The second-order valence-electron chi connectivity index (χ2n) is 3.05. The van der Waals surface area contributed by atoms with E-state index in [2.05, 4.69) is 10.3 Å². The zero-order valence-corrected chi connectivity index (χ0v) is 9.54. The van der Waals surface area contributed by atoms with Crippen LogP contribution in [0.4, 0.5) is 0 Å². The summed E-state index contributed by atoms with van der Waals surface area (Å²) in [6.07, 6.45) is 1.84. The summed E-state index contributed by atoms with van der Waals surface area (Å²) in [5, 5.41) is 3.23. The first-order valence-corrected chi connectivity index (χ1v) is 5.31. The van der Waals surface area contributed by atoms with Gasteiger partial charge in [-0.2, -0.15) is 0 Å². The second kappa shape index (κ2) is 7.03. The van der Waals surface area contributed by atoms with Crippen molar-refractivity contribution in [3.05, 3.63) is 23.4 Å². The Labute approximate surface area is 98.9 Å². The number of ether oxygens (including phenoxy) is 1. The molecule has 1 rings (SSSR count). The van der Waals surface area contributed by atoms with Crippen LogP contribution in [0.3, 0.4) is 0 Å². The predicted octanol–water partition coefficient (Wildman–Crippen LogP) is 0.579. The van der Waals surface area contributed by atoms with E-state index in [1.165, 1.54) is 6.20 Å². The quantitative estimate of drug-likeness (QED) is 0.717. The Kier molecular flexibility index (Phi) is 5.60. The third-order valence-corrected chi connectivity index (χ3v) is 1.97. The molecule has 1 amide bonds. The highest BCUT2D eigenvalue weighted by molar-refractivity contribution is 6.30. The average molecular weight is 244 g/mol. The van der Waals surface area contributed by atoms with Crippen molar-refractivity contribution in [1.29, 1.82) is 0 Å². The molecule has 0 saturated heterocycles. The molecule has 1 heterocycles. The number of carbonyl (C=O) groups excluding carboxylic acids is 1. The first kappa shape index (κ1) is 12.7. The van der Waals surface area contributed by atoms with E-state index in [1.807, 2.05) is 0 Å². The summed E-state index contributed by atoms with van der Waals surface area (Å²) in [6.45, 7) is 1.15. The van der Waals surface area contributed by atoms with Crippen molar-refractivity contribution >= 4 is 17.5 Å². The maximum atomic E-state index is 11.0. The zero-order valence-electron chi connectivity index (χ0n) is 8.78. The van der Waals surface area contributed by atoms with Gasteiger partial charge in [-0.3, -0.25) is 4.79 Å². The summed E-state index contributed by atoms with van der Waals surface area (Å²) in [7, 11) is 0. The molecule has 0 radical (unpaired) electrons. The molecule has 0 fully saturated rings. The van der Waals surface area contributed by atoms with Gasteiger partial charge in [0, 0.05) is 25.2 Å². The van der Waals surface area contributed by atoms with E-state index in [1.54, 1.807) is 12.1 Å². The van der Waals surface area contributed by atoms with Crippen LogP contribution in [0.5, 0.6) is 5.88 Å².